The Morgan fingerprint density at radius 1 is 1.16 bits per heavy atom. The van der Waals surface area contributed by atoms with Gasteiger partial charge in [0.2, 0.25) is 5.91 Å². The number of hydrogen-bond acceptors (Lipinski definition) is 5. The summed E-state index contributed by atoms with van der Waals surface area (Å²) in [6.07, 6.45) is -2.11. The molecule has 1 aromatic heterocycles. The molecule has 1 aromatic carbocycles. The van der Waals surface area contributed by atoms with Gasteiger partial charge in [0.15, 0.2) is 0 Å². The van der Waals surface area contributed by atoms with Gasteiger partial charge in [-0.05, 0) is 49.4 Å². The number of likely N-dealkylation sites (tertiary alicyclic amines) is 2. The van der Waals surface area contributed by atoms with Crippen molar-refractivity contribution in [3.8, 4) is 5.75 Å². The van der Waals surface area contributed by atoms with Crippen LogP contribution in [0.4, 0.5) is 13.2 Å². The van der Waals surface area contributed by atoms with E-state index in [9.17, 15) is 18.0 Å². The molecule has 3 aliphatic heterocycles. The number of aromatic nitrogens is 2. The van der Waals surface area contributed by atoms with Crippen LogP contribution in [0.3, 0.4) is 0 Å². The predicted molar refractivity (Wildman–Crippen MR) is 129 cm³/mol. The molecule has 10 heteroatoms. The van der Waals surface area contributed by atoms with Crippen LogP contribution in [-0.2, 0) is 22.3 Å². The lowest BCUT2D eigenvalue weighted by molar-refractivity contribution is -0.146. The lowest BCUT2D eigenvalue weighted by Gasteiger charge is -2.35. The molecule has 0 N–H and O–H groups in total. The summed E-state index contributed by atoms with van der Waals surface area (Å²) in [7, 11) is 1.62. The van der Waals surface area contributed by atoms with Crippen LogP contribution < -0.4 is 4.74 Å². The number of halogens is 3. The number of nitrogens with zero attached hydrogens (tertiary/aromatic N) is 4. The zero-order valence-electron chi connectivity index (χ0n) is 21.2. The molecule has 6 rings (SSSR count). The molecule has 0 bridgehead atoms. The zero-order valence-corrected chi connectivity index (χ0v) is 21.2. The van der Waals surface area contributed by atoms with Crippen molar-refractivity contribution in [2.24, 2.45) is 11.8 Å². The maximum atomic E-state index is 13.8. The van der Waals surface area contributed by atoms with Gasteiger partial charge in [-0.2, -0.15) is 18.3 Å². The molecule has 4 heterocycles. The molecule has 1 saturated carbocycles. The van der Waals surface area contributed by atoms with Crippen molar-refractivity contribution >= 4 is 5.91 Å². The minimum absolute atomic E-state index is 0.0689. The Balaban J connectivity index is 1.31. The molecule has 200 valence electrons. The van der Waals surface area contributed by atoms with Crippen molar-refractivity contribution < 1.29 is 27.4 Å². The lowest BCUT2D eigenvalue weighted by Crippen LogP contribution is -2.42. The molecule has 0 radical (unpaired) electrons. The number of carbonyl (C=O) groups excluding carboxylic acids is 1. The third-order valence-corrected chi connectivity index (χ3v) is 8.66. The predicted octanol–water partition coefficient (Wildman–Crippen LogP) is 4.02. The number of carbonyl (C=O) groups is 1. The molecular weight excluding hydrogens is 485 g/mol. The van der Waals surface area contributed by atoms with Crippen LogP contribution in [-0.4, -0.2) is 71.5 Å². The van der Waals surface area contributed by atoms with Gasteiger partial charge in [-0.15, -0.1) is 0 Å². The van der Waals surface area contributed by atoms with Gasteiger partial charge in [-0.3, -0.25) is 14.4 Å². The second kappa shape index (κ2) is 9.31. The maximum absolute atomic E-state index is 13.8. The first kappa shape index (κ1) is 24.7. The van der Waals surface area contributed by atoms with E-state index in [4.69, 9.17) is 9.47 Å². The second-order valence-corrected chi connectivity index (χ2v) is 11.0. The molecule has 3 saturated heterocycles. The van der Waals surface area contributed by atoms with Crippen molar-refractivity contribution in [2.45, 2.75) is 56.9 Å². The molecule has 1 amide bonds. The van der Waals surface area contributed by atoms with Gasteiger partial charge in [-0.25, -0.2) is 0 Å². The maximum Gasteiger partial charge on any atom is 0.433 e. The highest BCUT2D eigenvalue weighted by atomic mass is 19.4. The molecule has 4 atom stereocenters. The van der Waals surface area contributed by atoms with Gasteiger partial charge in [0, 0.05) is 43.4 Å². The van der Waals surface area contributed by atoms with E-state index in [1.807, 2.05) is 25.1 Å². The number of fused-ring (bicyclic) bond motifs is 1. The molecule has 1 aliphatic carbocycles. The standard InChI is InChI=1S/C27H33F3N4O3/c1-16-20(4-3-5-23(16)36-2)26-22(32-11-18-14-37-15-19(18)12-32)8-9-33(26)25(35)13-34-24(27(28,29)30)10-21(31-34)17-6-7-17/h3-5,10,17-19,22,26H,6-9,11-15H2,1-2H3. The third-order valence-electron chi connectivity index (χ3n) is 8.66. The van der Waals surface area contributed by atoms with Crippen LogP contribution in [0, 0.1) is 18.8 Å². The van der Waals surface area contributed by atoms with E-state index in [2.05, 4.69) is 10.00 Å². The average Bonchev–Trinajstić information content (AvgIpc) is 3.18. The van der Waals surface area contributed by atoms with Crippen LogP contribution in [0.2, 0.25) is 0 Å². The summed E-state index contributed by atoms with van der Waals surface area (Å²) in [6.45, 7) is 5.41. The highest BCUT2D eigenvalue weighted by molar-refractivity contribution is 5.77. The minimum atomic E-state index is -4.56. The van der Waals surface area contributed by atoms with Gasteiger partial charge in [0.25, 0.3) is 0 Å². The summed E-state index contributed by atoms with van der Waals surface area (Å²) >= 11 is 0. The van der Waals surface area contributed by atoms with E-state index in [1.165, 1.54) is 0 Å². The van der Waals surface area contributed by atoms with Crippen molar-refractivity contribution in [1.82, 2.24) is 19.6 Å². The first-order valence-electron chi connectivity index (χ1n) is 13.1. The van der Waals surface area contributed by atoms with E-state index in [1.54, 1.807) is 12.0 Å². The number of alkyl halides is 3. The number of amides is 1. The molecule has 4 aliphatic rings. The Bertz CT molecular complexity index is 1170. The molecule has 4 unspecified atom stereocenters. The van der Waals surface area contributed by atoms with Crippen LogP contribution in [0.5, 0.6) is 5.75 Å². The fourth-order valence-corrected chi connectivity index (χ4v) is 6.56. The Morgan fingerprint density at radius 3 is 2.54 bits per heavy atom. The van der Waals surface area contributed by atoms with Gasteiger partial charge in [-0.1, -0.05) is 12.1 Å². The number of rotatable bonds is 6. The van der Waals surface area contributed by atoms with Gasteiger partial charge < -0.3 is 14.4 Å². The second-order valence-electron chi connectivity index (χ2n) is 11.0. The van der Waals surface area contributed by atoms with E-state index < -0.39 is 18.4 Å². The van der Waals surface area contributed by atoms with Crippen molar-refractivity contribution in [1.29, 1.82) is 0 Å². The normalized spacial score (nSPS) is 28.2. The third kappa shape index (κ3) is 4.52. The fraction of sp³-hybridized carbons (Fsp3) is 0.630. The zero-order chi connectivity index (χ0) is 25.9. The number of methoxy groups -OCH3 is 1. The highest BCUT2D eigenvalue weighted by Gasteiger charge is 2.47. The monoisotopic (exact) mass is 518 g/mol. The summed E-state index contributed by atoms with van der Waals surface area (Å²) in [5.41, 5.74) is 1.53. The van der Waals surface area contributed by atoms with Crippen LogP contribution >= 0.6 is 0 Å². The summed E-state index contributed by atoms with van der Waals surface area (Å²) in [5.74, 6) is 1.46. The molecule has 0 spiro atoms. The van der Waals surface area contributed by atoms with Crippen molar-refractivity contribution in [3.05, 3.63) is 46.8 Å². The molecular formula is C27H33F3N4O3. The van der Waals surface area contributed by atoms with Crippen LogP contribution in [0.25, 0.3) is 0 Å². The summed E-state index contributed by atoms with van der Waals surface area (Å²) in [6, 6.07) is 6.76. The van der Waals surface area contributed by atoms with E-state index in [0.29, 0.717) is 24.1 Å². The lowest BCUT2D eigenvalue weighted by atomic mass is 9.94. The van der Waals surface area contributed by atoms with Gasteiger partial charge >= 0.3 is 6.18 Å². The molecule has 4 fully saturated rings. The fourth-order valence-electron chi connectivity index (χ4n) is 6.56. The average molecular weight is 519 g/mol. The first-order chi connectivity index (χ1) is 17.7. The number of ether oxygens (including phenoxy) is 2. The van der Waals surface area contributed by atoms with Crippen molar-refractivity contribution in [2.75, 3.05) is 40.0 Å². The largest absolute Gasteiger partial charge is 0.496 e. The van der Waals surface area contributed by atoms with Gasteiger partial charge in [0.1, 0.15) is 18.0 Å². The summed E-state index contributed by atoms with van der Waals surface area (Å²) in [5, 5.41) is 4.23. The van der Waals surface area contributed by atoms with E-state index >= 15 is 0 Å². The Morgan fingerprint density at radius 2 is 1.89 bits per heavy atom. The Kier molecular flexibility index (Phi) is 6.22. The summed E-state index contributed by atoms with van der Waals surface area (Å²) < 4.78 is 53.5. The molecule has 2 aromatic rings. The topological polar surface area (TPSA) is 59.8 Å². The number of hydrogen-bond donors (Lipinski definition) is 0. The SMILES string of the molecule is COc1cccc(C2C(N3CC4COCC4C3)CCN2C(=O)Cn2nc(C3CC3)cc2C(F)(F)F)c1C. The number of benzene rings is 1. The Hall–Kier alpha value is -2.59. The summed E-state index contributed by atoms with van der Waals surface area (Å²) in [4.78, 5) is 18.0. The van der Waals surface area contributed by atoms with Crippen LogP contribution in [0.15, 0.2) is 24.3 Å². The van der Waals surface area contributed by atoms with Crippen molar-refractivity contribution in [3.63, 3.8) is 0 Å². The minimum Gasteiger partial charge on any atom is -0.496 e. The van der Waals surface area contributed by atoms with Gasteiger partial charge in [0.05, 0.1) is 32.1 Å². The molecule has 37 heavy (non-hydrogen) atoms. The van der Waals surface area contributed by atoms with Crippen LogP contribution in [0.1, 0.15) is 53.7 Å². The highest BCUT2D eigenvalue weighted by Crippen LogP contribution is 2.44. The molecule has 7 nitrogen and oxygen atoms in total. The smallest absolute Gasteiger partial charge is 0.433 e. The Labute approximate surface area is 214 Å². The first-order valence-corrected chi connectivity index (χ1v) is 13.1. The van der Waals surface area contributed by atoms with E-state index in [-0.39, 0.29) is 23.9 Å². The quantitative estimate of drug-likeness (QED) is 0.578. The van der Waals surface area contributed by atoms with E-state index in [0.717, 1.165) is 73.2 Å².